The van der Waals surface area contributed by atoms with Gasteiger partial charge in [0.05, 0.1) is 0 Å². The van der Waals surface area contributed by atoms with Crippen LogP contribution in [-0.2, 0) is 28.6 Å². The molecule has 74 heavy (non-hydrogen) atoms. The molecule has 0 aromatic carbocycles. The normalized spacial score (nSPS) is 12.7. The zero-order valence-electron chi connectivity index (χ0n) is 48.6. The highest BCUT2D eigenvalue weighted by molar-refractivity contribution is 5.71. The zero-order chi connectivity index (χ0) is 53.6. The highest BCUT2D eigenvalue weighted by Crippen LogP contribution is 2.16. The van der Waals surface area contributed by atoms with E-state index in [1.54, 1.807) is 0 Å². The van der Waals surface area contributed by atoms with E-state index in [9.17, 15) is 14.4 Å². The molecule has 1 unspecified atom stereocenters. The van der Waals surface area contributed by atoms with Crippen molar-refractivity contribution in [2.75, 3.05) is 13.2 Å². The van der Waals surface area contributed by atoms with Crippen LogP contribution in [0, 0.1) is 0 Å². The largest absolute Gasteiger partial charge is 0.462 e. The smallest absolute Gasteiger partial charge is 0.306 e. The molecule has 0 saturated heterocycles. The van der Waals surface area contributed by atoms with Gasteiger partial charge in [-0.15, -0.1) is 0 Å². The number of unbranched alkanes of at least 4 members (excludes halogenated alkanes) is 29. The van der Waals surface area contributed by atoms with Crippen molar-refractivity contribution in [1.29, 1.82) is 0 Å². The summed E-state index contributed by atoms with van der Waals surface area (Å²) in [6.07, 6.45) is 82.8. The third kappa shape index (κ3) is 59.2. The Labute approximate surface area is 457 Å². The van der Waals surface area contributed by atoms with Crippen molar-refractivity contribution in [3.8, 4) is 0 Å². The highest BCUT2D eigenvalue weighted by Gasteiger charge is 2.19. The van der Waals surface area contributed by atoms with Crippen LogP contribution in [0.4, 0.5) is 0 Å². The molecule has 0 aliphatic heterocycles. The van der Waals surface area contributed by atoms with Crippen molar-refractivity contribution < 1.29 is 28.6 Å². The second-order valence-electron chi connectivity index (χ2n) is 20.6. The Morgan fingerprint density at radius 2 is 0.527 bits per heavy atom. The predicted molar refractivity (Wildman–Crippen MR) is 320 cm³/mol. The Kier molecular flexibility index (Phi) is 58.8. The van der Waals surface area contributed by atoms with Gasteiger partial charge in [-0.2, -0.15) is 0 Å². The highest BCUT2D eigenvalue weighted by atomic mass is 16.6. The lowest BCUT2D eigenvalue weighted by Crippen LogP contribution is -2.30. The Bertz CT molecular complexity index is 1460. The molecule has 0 bridgehead atoms. The van der Waals surface area contributed by atoms with Gasteiger partial charge < -0.3 is 14.2 Å². The maximum absolute atomic E-state index is 12.9. The summed E-state index contributed by atoms with van der Waals surface area (Å²) in [5, 5.41) is 0. The first-order valence-corrected chi connectivity index (χ1v) is 31.2. The fourth-order valence-corrected chi connectivity index (χ4v) is 8.72. The summed E-state index contributed by atoms with van der Waals surface area (Å²) >= 11 is 0. The van der Waals surface area contributed by atoms with Crippen LogP contribution < -0.4 is 0 Å². The van der Waals surface area contributed by atoms with Crippen LogP contribution in [0.15, 0.2) is 97.2 Å². The van der Waals surface area contributed by atoms with Crippen molar-refractivity contribution >= 4 is 17.9 Å². The molecule has 6 nitrogen and oxygen atoms in total. The fraction of sp³-hybridized carbons (Fsp3) is 0.721. The van der Waals surface area contributed by atoms with E-state index >= 15 is 0 Å². The molecule has 0 saturated carbocycles. The van der Waals surface area contributed by atoms with Crippen LogP contribution in [-0.4, -0.2) is 37.2 Å². The first-order chi connectivity index (χ1) is 36.5. The van der Waals surface area contributed by atoms with Crippen molar-refractivity contribution in [2.24, 2.45) is 0 Å². The first-order valence-electron chi connectivity index (χ1n) is 31.2. The average molecular weight is 1030 g/mol. The summed E-state index contributed by atoms with van der Waals surface area (Å²) in [7, 11) is 0. The number of carbonyl (C=O) groups is 3. The van der Waals surface area contributed by atoms with Gasteiger partial charge in [0, 0.05) is 19.3 Å². The van der Waals surface area contributed by atoms with Gasteiger partial charge in [0.15, 0.2) is 6.10 Å². The van der Waals surface area contributed by atoms with Crippen molar-refractivity contribution in [3.63, 3.8) is 0 Å². The van der Waals surface area contributed by atoms with Gasteiger partial charge in [0.25, 0.3) is 0 Å². The maximum Gasteiger partial charge on any atom is 0.306 e. The van der Waals surface area contributed by atoms with Crippen molar-refractivity contribution in [1.82, 2.24) is 0 Å². The minimum absolute atomic E-state index is 0.0847. The number of carbonyl (C=O) groups excluding carboxylic acids is 3. The molecule has 6 heteroatoms. The number of hydrogen-bond donors (Lipinski definition) is 0. The van der Waals surface area contributed by atoms with E-state index in [2.05, 4.69) is 118 Å². The molecular formula is C68H116O6. The van der Waals surface area contributed by atoms with E-state index in [0.717, 1.165) is 116 Å². The van der Waals surface area contributed by atoms with Crippen molar-refractivity contribution in [2.45, 2.75) is 303 Å². The SMILES string of the molecule is CC/C=C\C/C=C\C/C=C\C/C=C\C/C=C\CCCCCCCCCCCCCCCC(=O)OCC(COC(=O)CCCCC/C=C\C/C=C\C/C=C\CC)OC(=O)CCCCCCCCCCCCCCCC. The molecule has 0 amide bonds. The molecule has 0 rings (SSSR count). The monoisotopic (exact) mass is 1030 g/mol. The predicted octanol–water partition coefficient (Wildman–Crippen LogP) is 21.3. The van der Waals surface area contributed by atoms with Gasteiger partial charge in [0.1, 0.15) is 13.2 Å². The topological polar surface area (TPSA) is 78.9 Å². The molecule has 1 atom stereocenters. The lowest BCUT2D eigenvalue weighted by Gasteiger charge is -2.18. The van der Waals surface area contributed by atoms with Crippen LogP contribution >= 0.6 is 0 Å². The van der Waals surface area contributed by atoms with Gasteiger partial charge in [-0.1, -0.05) is 279 Å². The molecule has 0 spiro atoms. The van der Waals surface area contributed by atoms with Crippen LogP contribution in [0.2, 0.25) is 0 Å². The Morgan fingerprint density at radius 1 is 0.284 bits per heavy atom. The standard InChI is InChI=1S/C68H116O6/c1-4-7-10-13-16-19-22-25-27-28-29-30-31-32-33-34-35-36-37-38-39-40-41-44-46-49-52-55-58-61-67(70)73-64-65(63-72-66(69)60-57-54-51-48-45-42-24-21-18-15-12-9-6-3)74-68(71)62-59-56-53-50-47-43-26-23-20-17-14-11-8-5-2/h7,9-10,12,16,18-19,21,25,27,29-30,32-33,42,45,65H,4-6,8,11,13-15,17,20,22-24,26,28,31,34-41,43-44,46-64H2,1-3H3/b10-7-,12-9-,19-16-,21-18-,27-25-,30-29-,33-32-,45-42-. The second kappa shape index (κ2) is 61.9. The maximum atomic E-state index is 12.9. The van der Waals surface area contributed by atoms with Gasteiger partial charge in [0.2, 0.25) is 0 Å². The minimum Gasteiger partial charge on any atom is -0.462 e. The van der Waals surface area contributed by atoms with Gasteiger partial charge in [-0.3, -0.25) is 14.4 Å². The molecule has 0 fully saturated rings. The van der Waals surface area contributed by atoms with Gasteiger partial charge in [-0.05, 0) is 96.3 Å². The fourth-order valence-electron chi connectivity index (χ4n) is 8.72. The number of esters is 3. The summed E-state index contributed by atoms with van der Waals surface area (Å²) in [5.74, 6) is -0.907. The van der Waals surface area contributed by atoms with E-state index in [1.807, 2.05) is 0 Å². The number of rotatable bonds is 56. The lowest BCUT2D eigenvalue weighted by atomic mass is 10.0. The third-order valence-electron chi connectivity index (χ3n) is 13.3. The summed E-state index contributed by atoms with van der Waals surface area (Å²) < 4.78 is 16.9. The van der Waals surface area contributed by atoms with E-state index in [4.69, 9.17) is 14.2 Å². The Morgan fingerprint density at radius 3 is 0.838 bits per heavy atom. The Hall–Kier alpha value is -3.67. The molecule has 0 radical (unpaired) electrons. The van der Waals surface area contributed by atoms with Gasteiger partial charge in [-0.25, -0.2) is 0 Å². The molecule has 0 aromatic heterocycles. The summed E-state index contributed by atoms with van der Waals surface area (Å²) in [4.78, 5) is 38.2. The molecule has 0 aromatic rings. The van der Waals surface area contributed by atoms with Crippen LogP contribution in [0.3, 0.4) is 0 Å². The second-order valence-corrected chi connectivity index (χ2v) is 20.6. The van der Waals surface area contributed by atoms with E-state index in [1.165, 1.54) is 141 Å². The van der Waals surface area contributed by atoms with Gasteiger partial charge >= 0.3 is 17.9 Å². The van der Waals surface area contributed by atoms with E-state index in [0.29, 0.717) is 19.3 Å². The molecule has 0 aliphatic rings. The molecule has 0 N–H and O–H groups in total. The van der Waals surface area contributed by atoms with Crippen LogP contribution in [0.5, 0.6) is 0 Å². The Balaban J connectivity index is 4.23. The molecule has 424 valence electrons. The molecular weight excluding hydrogens is 913 g/mol. The minimum atomic E-state index is -0.788. The number of hydrogen-bond acceptors (Lipinski definition) is 6. The summed E-state index contributed by atoms with van der Waals surface area (Å²) in [6.45, 7) is 6.41. The number of allylic oxidation sites excluding steroid dienone is 16. The van der Waals surface area contributed by atoms with E-state index < -0.39 is 6.10 Å². The molecule has 0 heterocycles. The zero-order valence-corrected chi connectivity index (χ0v) is 48.6. The average Bonchev–Trinajstić information content (AvgIpc) is 3.40. The van der Waals surface area contributed by atoms with Crippen LogP contribution in [0.25, 0.3) is 0 Å². The van der Waals surface area contributed by atoms with Crippen LogP contribution in [0.1, 0.15) is 297 Å². The van der Waals surface area contributed by atoms with Crippen molar-refractivity contribution in [3.05, 3.63) is 97.2 Å². The summed E-state index contributed by atoms with van der Waals surface area (Å²) in [6, 6.07) is 0. The first kappa shape index (κ1) is 70.3. The van der Waals surface area contributed by atoms with E-state index in [-0.39, 0.29) is 31.1 Å². The molecule has 0 aliphatic carbocycles. The summed E-state index contributed by atoms with van der Waals surface area (Å²) in [5.41, 5.74) is 0. The number of ether oxygens (including phenoxy) is 3. The quantitative estimate of drug-likeness (QED) is 0.0261. The third-order valence-corrected chi connectivity index (χ3v) is 13.3. The lowest BCUT2D eigenvalue weighted by molar-refractivity contribution is -0.167.